The van der Waals surface area contributed by atoms with Gasteiger partial charge in [0.25, 0.3) is 0 Å². The first-order chi connectivity index (χ1) is 13.3. The van der Waals surface area contributed by atoms with E-state index >= 15 is 0 Å². The summed E-state index contributed by atoms with van der Waals surface area (Å²) in [6.45, 7) is 3.48. The number of aryl methyl sites for hydroxylation is 1. The Morgan fingerprint density at radius 2 is 1.96 bits per heavy atom. The molecule has 2 aromatic rings. The van der Waals surface area contributed by atoms with Gasteiger partial charge in [-0.2, -0.15) is 13.2 Å². The zero-order valence-corrected chi connectivity index (χ0v) is 16.5. The number of allylic oxidation sites excluding steroid dienone is 2. The maximum Gasteiger partial charge on any atom is 0.417 e. The lowest BCUT2D eigenvalue weighted by Crippen LogP contribution is -2.08. The highest BCUT2D eigenvalue weighted by Crippen LogP contribution is 2.36. The van der Waals surface area contributed by atoms with Gasteiger partial charge in [-0.3, -0.25) is 9.78 Å². The lowest BCUT2D eigenvalue weighted by Gasteiger charge is -2.15. The van der Waals surface area contributed by atoms with Crippen molar-refractivity contribution in [2.24, 2.45) is 0 Å². The second-order valence-corrected chi connectivity index (χ2v) is 7.82. The Morgan fingerprint density at radius 1 is 1.29 bits per heavy atom. The van der Waals surface area contributed by atoms with Crippen LogP contribution in [0.25, 0.3) is 11.1 Å². The van der Waals surface area contributed by atoms with Crippen LogP contribution in [0, 0.1) is 6.92 Å². The zero-order valence-electron chi connectivity index (χ0n) is 15.6. The molecular formula is C21H21F3N2OS. The molecule has 3 nitrogen and oxygen atoms in total. The predicted octanol–water partition coefficient (Wildman–Crippen LogP) is 6.15. The highest BCUT2D eigenvalue weighted by molar-refractivity contribution is 8.01. The first-order valence-electron chi connectivity index (χ1n) is 9.08. The van der Waals surface area contributed by atoms with Crippen molar-refractivity contribution in [2.45, 2.75) is 44.5 Å². The van der Waals surface area contributed by atoms with Gasteiger partial charge in [0.2, 0.25) is 0 Å². The standard InChI is InChI=1S/C21H21F3N2OS/c1-3-18(14-4-6-16(7-5-14)26-28-17-8-9-17)20(12-27)19-10-15(21(22,23)24)11-25-13(19)2/h4-7,10-12,17,26H,3,8-9H2,1-2H3/b20-18+. The molecule has 1 fully saturated rings. The van der Waals surface area contributed by atoms with Gasteiger partial charge in [-0.1, -0.05) is 19.1 Å². The molecule has 1 aromatic carbocycles. The molecule has 0 amide bonds. The largest absolute Gasteiger partial charge is 0.417 e. The smallest absolute Gasteiger partial charge is 0.330 e. The minimum absolute atomic E-state index is 0.216. The molecule has 3 rings (SSSR count). The van der Waals surface area contributed by atoms with Gasteiger partial charge in [0, 0.05) is 34.0 Å². The third-order valence-electron chi connectivity index (χ3n) is 4.60. The summed E-state index contributed by atoms with van der Waals surface area (Å²) >= 11 is 1.70. The Kier molecular flexibility index (Phi) is 6.13. The first-order valence-corrected chi connectivity index (χ1v) is 9.96. The Balaban J connectivity index is 1.98. The molecule has 28 heavy (non-hydrogen) atoms. The lowest BCUT2D eigenvalue weighted by atomic mass is 9.92. The normalized spacial score (nSPS) is 15.2. The van der Waals surface area contributed by atoms with Crippen LogP contribution in [0.2, 0.25) is 0 Å². The van der Waals surface area contributed by atoms with Gasteiger partial charge in [0.05, 0.1) is 5.56 Å². The molecule has 0 unspecified atom stereocenters. The summed E-state index contributed by atoms with van der Waals surface area (Å²) in [5.74, 6) is 0. The topological polar surface area (TPSA) is 42.0 Å². The van der Waals surface area contributed by atoms with Gasteiger partial charge in [-0.15, -0.1) is 0 Å². The summed E-state index contributed by atoms with van der Waals surface area (Å²) in [5.41, 5.74) is 2.45. The van der Waals surface area contributed by atoms with E-state index in [0.717, 1.165) is 23.5 Å². The number of carbonyl (C=O) groups is 1. The fourth-order valence-corrected chi connectivity index (χ4v) is 3.70. The number of hydrogen-bond donors (Lipinski definition) is 1. The molecule has 1 N–H and O–H groups in total. The Morgan fingerprint density at radius 3 is 2.50 bits per heavy atom. The SMILES string of the molecule is CC/C(=C(/C=O)c1cc(C(F)(F)F)cnc1C)c1ccc(NSC2CC2)cc1. The number of carbonyl (C=O) groups excluding carboxylic acids is 1. The summed E-state index contributed by atoms with van der Waals surface area (Å²) in [6, 6.07) is 8.60. The molecule has 0 aliphatic heterocycles. The van der Waals surface area contributed by atoms with Crippen molar-refractivity contribution in [3.8, 4) is 0 Å². The Hall–Kier alpha value is -2.28. The summed E-state index contributed by atoms with van der Waals surface area (Å²) < 4.78 is 42.6. The van der Waals surface area contributed by atoms with Crippen LogP contribution in [0.15, 0.2) is 36.5 Å². The molecule has 0 radical (unpaired) electrons. The summed E-state index contributed by atoms with van der Waals surface area (Å²) in [7, 11) is 0. The van der Waals surface area contributed by atoms with Gasteiger partial charge in [0.1, 0.15) is 0 Å². The number of benzene rings is 1. The minimum atomic E-state index is -4.51. The summed E-state index contributed by atoms with van der Waals surface area (Å²) in [5, 5.41) is 0.670. The van der Waals surface area contributed by atoms with E-state index in [0.29, 0.717) is 29.2 Å². The molecule has 1 aliphatic carbocycles. The minimum Gasteiger partial charge on any atom is -0.330 e. The second kappa shape index (κ2) is 8.39. The summed E-state index contributed by atoms with van der Waals surface area (Å²) in [6.07, 6.45) is -0.129. The Labute approximate surface area is 166 Å². The second-order valence-electron chi connectivity index (χ2n) is 6.71. The van der Waals surface area contributed by atoms with Crippen molar-refractivity contribution in [2.75, 3.05) is 4.72 Å². The van der Waals surface area contributed by atoms with Crippen LogP contribution < -0.4 is 4.72 Å². The molecule has 1 heterocycles. The fraction of sp³-hybridized carbons (Fsp3) is 0.333. The van der Waals surface area contributed by atoms with Gasteiger partial charge < -0.3 is 4.72 Å². The highest BCUT2D eigenvalue weighted by Gasteiger charge is 2.32. The van der Waals surface area contributed by atoms with E-state index in [1.165, 1.54) is 12.8 Å². The lowest BCUT2D eigenvalue weighted by molar-refractivity contribution is -0.137. The molecule has 1 saturated carbocycles. The van der Waals surface area contributed by atoms with Gasteiger partial charge in [-0.25, -0.2) is 0 Å². The predicted molar refractivity (Wildman–Crippen MR) is 108 cm³/mol. The fourth-order valence-electron chi connectivity index (χ4n) is 2.88. The van der Waals surface area contributed by atoms with E-state index in [-0.39, 0.29) is 11.1 Å². The molecule has 0 saturated heterocycles. The monoisotopic (exact) mass is 406 g/mol. The molecule has 7 heteroatoms. The average molecular weight is 406 g/mol. The van der Waals surface area contributed by atoms with Crippen molar-refractivity contribution in [1.82, 2.24) is 4.98 Å². The highest BCUT2D eigenvalue weighted by atomic mass is 32.2. The van der Waals surface area contributed by atoms with Crippen molar-refractivity contribution >= 4 is 35.1 Å². The molecule has 0 atom stereocenters. The van der Waals surface area contributed by atoms with E-state index < -0.39 is 11.7 Å². The van der Waals surface area contributed by atoms with Crippen LogP contribution >= 0.6 is 11.9 Å². The maximum absolute atomic E-state index is 13.1. The average Bonchev–Trinajstić information content (AvgIpc) is 3.49. The van der Waals surface area contributed by atoms with E-state index in [9.17, 15) is 18.0 Å². The number of rotatable bonds is 7. The number of aldehydes is 1. The van der Waals surface area contributed by atoms with Crippen LogP contribution in [0.3, 0.4) is 0 Å². The van der Waals surface area contributed by atoms with Crippen molar-refractivity contribution in [3.05, 3.63) is 58.9 Å². The number of aromatic nitrogens is 1. The first kappa shape index (κ1) is 20.5. The van der Waals surface area contributed by atoms with Gasteiger partial charge >= 0.3 is 6.18 Å². The maximum atomic E-state index is 13.1. The Bertz CT molecular complexity index is 888. The molecule has 1 aliphatic rings. The third kappa shape index (κ3) is 4.76. The van der Waals surface area contributed by atoms with E-state index in [1.807, 2.05) is 31.2 Å². The van der Waals surface area contributed by atoms with Crippen molar-refractivity contribution in [3.63, 3.8) is 0 Å². The quantitative estimate of drug-likeness (QED) is 0.340. The zero-order chi connectivity index (χ0) is 20.3. The van der Waals surface area contributed by atoms with Crippen LogP contribution in [-0.4, -0.2) is 16.5 Å². The number of halogens is 3. The molecule has 148 valence electrons. The molecule has 0 bridgehead atoms. The van der Waals surface area contributed by atoms with Gasteiger partial charge in [-0.05, 0) is 67.5 Å². The molecule has 0 spiro atoms. The van der Waals surface area contributed by atoms with Crippen LogP contribution in [-0.2, 0) is 11.0 Å². The number of nitrogens with one attached hydrogen (secondary N) is 1. The number of alkyl halides is 3. The van der Waals surface area contributed by atoms with Crippen LogP contribution in [0.1, 0.15) is 48.6 Å². The molecule has 1 aromatic heterocycles. The van der Waals surface area contributed by atoms with Gasteiger partial charge in [0.15, 0.2) is 6.29 Å². The van der Waals surface area contributed by atoms with Crippen molar-refractivity contribution in [1.29, 1.82) is 0 Å². The number of hydrogen-bond acceptors (Lipinski definition) is 4. The number of pyridine rings is 1. The number of anilines is 1. The van der Waals surface area contributed by atoms with E-state index in [1.54, 1.807) is 18.9 Å². The van der Waals surface area contributed by atoms with Crippen LogP contribution in [0.5, 0.6) is 0 Å². The third-order valence-corrected chi connectivity index (χ3v) is 5.76. The summed E-state index contributed by atoms with van der Waals surface area (Å²) in [4.78, 5) is 15.7. The van der Waals surface area contributed by atoms with E-state index in [4.69, 9.17) is 0 Å². The number of nitrogens with zero attached hydrogens (tertiary/aromatic N) is 1. The van der Waals surface area contributed by atoms with Crippen molar-refractivity contribution < 1.29 is 18.0 Å². The van der Waals surface area contributed by atoms with E-state index in [2.05, 4.69) is 9.71 Å². The molecular weight excluding hydrogens is 385 g/mol. The van der Waals surface area contributed by atoms with Crippen LogP contribution in [0.4, 0.5) is 18.9 Å².